The molecule has 0 aromatic heterocycles. The molecule has 0 amide bonds. The summed E-state index contributed by atoms with van der Waals surface area (Å²) >= 11 is 0. The third-order valence-corrected chi connectivity index (χ3v) is 4.48. The van der Waals surface area contributed by atoms with Gasteiger partial charge in [0.25, 0.3) is 0 Å². The lowest BCUT2D eigenvalue weighted by Crippen LogP contribution is -2.39. The van der Waals surface area contributed by atoms with Crippen molar-refractivity contribution in [1.82, 2.24) is 4.31 Å². The molecule has 0 aliphatic carbocycles. The van der Waals surface area contributed by atoms with Gasteiger partial charge in [-0.3, -0.25) is 4.72 Å². The number of piperidine rings is 1. The van der Waals surface area contributed by atoms with E-state index in [1.54, 1.807) is 0 Å². The van der Waals surface area contributed by atoms with Crippen LogP contribution in [0.25, 0.3) is 0 Å². The summed E-state index contributed by atoms with van der Waals surface area (Å²) in [7, 11) is -3.85. The second kappa shape index (κ2) is 5.30. The second-order valence-electron chi connectivity index (χ2n) is 4.42. The minimum absolute atomic E-state index is 0.280. The zero-order valence-corrected chi connectivity index (χ0v) is 11.0. The Kier molecular flexibility index (Phi) is 3.91. The number of nitrogens with zero attached hydrogens (tertiary/aromatic N) is 1. The molecule has 1 aliphatic rings. The van der Waals surface area contributed by atoms with Gasteiger partial charge in [-0.25, -0.2) is 8.78 Å². The van der Waals surface area contributed by atoms with Gasteiger partial charge in [0.15, 0.2) is 5.82 Å². The standard InChI is InChI=1S/C11H15F2N3O2S/c12-8-6-9(13)11(10(14)7-8)15-19(17,18)16-4-2-1-3-5-16/h6-7,15H,1-5,14H2. The Morgan fingerprint density at radius 2 is 1.79 bits per heavy atom. The fraction of sp³-hybridized carbons (Fsp3) is 0.455. The van der Waals surface area contributed by atoms with Gasteiger partial charge in [-0.15, -0.1) is 0 Å². The van der Waals surface area contributed by atoms with Gasteiger partial charge >= 0.3 is 10.2 Å². The molecule has 1 aliphatic heterocycles. The number of hydrogen-bond donors (Lipinski definition) is 2. The minimum atomic E-state index is -3.85. The van der Waals surface area contributed by atoms with E-state index in [9.17, 15) is 17.2 Å². The predicted octanol–water partition coefficient (Wildman–Crippen LogP) is 1.69. The summed E-state index contributed by atoms with van der Waals surface area (Å²) in [6, 6.07) is 1.46. The lowest BCUT2D eigenvalue weighted by atomic mass is 10.2. The van der Waals surface area contributed by atoms with Crippen LogP contribution >= 0.6 is 0 Å². The number of nitrogens with one attached hydrogen (secondary N) is 1. The molecule has 19 heavy (non-hydrogen) atoms. The van der Waals surface area contributed by atoms with Crippen LogP contribution in [0.4, 0.5) is 20.2 Å². The van der Waals surface area contributed by atoms with Crippen molar-refractivity contribution in [3.8, 4) is 0 Å². The molecule has 1 fully saturated rings. The number of nitrogen functional groups attached to an aromatic ring is 1. The number of halogens is 2. The van der Waals surface area contributed by atoms with Gasteiger partial charge in [-0.2, -0.15) is 12.7 Å². The quantitative estimate of drug-likeness (QED) is 0.832. The molecule has 1 saturated heterocycles. The van der Waals surface area contributed by atoms with Crippen molar-refractivity contribution in [3.05, 3.63) is 23.8 Å². The van der Waals surface area contributed by atoms with E-state index in [0.717, 1.165) is 25.3 Å². The van der Waals surface area contributed by atoms with Crippen molar-refractivity contribution in [2.75, 3.05) is 23.5 Å². The molecule has 8 heteroatoms. The molecule has 0 spiro atoms. The Bertz CT molecular complexity index is 548. The fourth-order valence-electron chi connectivity index (χ4n) is 2.00. The Hall–Kier alpha value is -1.41. The first kappa shape index (κ1) is 14.0. The summed E-state index contributed by atoms with van der Waals surface area (Å²) in [6.45, 7) is 0.774. The summed E-state index contributed by atoms with van der Waals surface area (Å²) in [6.07, 6.45) is 2.50. The monoisotopic (exact) mass is 291 g/mol. The lowest BCUT2D eigenvalue weighted by Gasteiger charge is -2.26. The fourth-order valence-corrected chi connectivity index (χ4v) is 3.34. The number of hydrogen-bond acceptors (Lipinski definition) is 3. The van der Waals surface area contributed by atoms with E-state index < -0.39 is 27.5 Å². The van der Waals surface area contributed by atoms with Gasteiger partial charge in [0, 0.05) is 19.2 Å². The molecule has 3 N–H and O–H groups in total. The molecule has 1 heterocycles. The van der Waals surface area contributed by atoms with Crippen molar-refractivity contribution >= 4 is 21.6 Å². The first-order valence-corrected chi connectivity index (χ1v) is 7.36. The molecule has 0 radical (unpaired) electrons. The van der Waals surface area contributed by atoms with E-state index >= 15 is 0 Å². The molecule has 1 aromatic rings. The third kappa shape index (κ3) is 3.13. The van der Waals surface area contributed by atoms with Crippen LogP contribution in [0.1, 0.15) is 19.3 Å². The van der Waals surface area contributed by atoms with E-state index in [2.05, 4.69) is 4.72 Å². The van der Waals surface area contributed by atoms with Crippen molar-refractivity contribution in [2.45, 2.75) is 19.3 Å². The third-order valence-electron chi connectivity index (χ3n) is 2.97. The first-order chi connectivity index (χ1) is 8.90. The predicted molar refractivity (Wildman–Crippen MR) is 68.7 cm³/mol. The molecule has 0 bridgehead atoms. The van der Waals surface area contributed by atoms with E-state index in [4.69, 9.17) is 5.73 Å². The molecule has 0 atom stereocenters. The highest BCUT2D eigenvalue weighted by Gasteiger charge is 2.25. The number of rotatable bonds is 3. The summed E-state index contributed by atoms with van der Waals surface area (Å²) in [5, 5.41) is 0. The molecule has 2 rings (SSSR count). The largest absolute Gasteiger partial charge is 0.397 e. The van der Waals surface area contributed by atoms with Crippen molar-refractivity contribution in [2.24, 2.45) is 0 Å². The van der Waals surface area contributed by atoms with Crippen molar-refractivity contribution in [1.29, 1.82) is 0 Å². The highest BCUT2D eigenvalue weighted by molar-refractivity contribution is 7.90. The van der Waals surface area contributed by atoms with Crippen molar-refractivity contribution < 1.29 is 17.2 Å². The summed E-state index contributed by atoms with van der Waals surface area (Å²) in [4.78, 5) is 0. The smallest absolute Gasteiger partial charge is 0.301 e. The highest BCUT2D eigenvalue weighted by Crippen LogP contribution is 2.26. The van der Waals surface area contributed by atoms with Gasteiger partial charge in [-0.05, 0) is 18.9 Å². The molecular formula is C11H15F2N3O2S. The van der Waals surface area contributed by atoms with Crippen LogP contribution in [0.15, 0.2) is 12.1 Å². The number of nitrogens with two attached hydrogens (primary N) is 1. The van der Waals surface area contributed by atoms with E-state index in [0.29, 0.717) is 19.2 Å². The van der Waals surface area contributed by atoms with Crippen LogP contribution < -0.4 is 10.5 Å². The lowest BCUT2D eigenvalue weighted by molar-refractivity contribution is 0.349. The second-order valence-corrected chi connectivity index (χ2v) is 6.09. The summed E-state index contributed by atoms with van der Waals surface area (Å²) in [5.41, 5.74) is 4.74. The van der Waals surface area contributed by atoms with Crippen LogP contribution in [0, 0.1) is 11.6 Å². The maximum Gasteiger partial charge on any atom is 0.301 e. The van der Waals surface area contributed by atoms with Crippen LogP contribution in [0.3, 0.4) is 0 Å². The zero-order chi connectivity index (χ0) is 14.0. The molecule has 106 valence electrons. The maximum absolute atomic E-state index is 13.5. The molecule has 0 saturated carbocycles. The number of anilines is 2. The average molecular weight is 291 g/mol. The average Bonchev–Trinajstić information content (AvgIpc) is 2.35. The van der Waals surface area contributed by atoms with Crippen LogP contribution in [0.2, 0.25) is 0 Å². The van der Waals surface area contributed by atoms with Crippen LogP contribution in [-0.4, -0.2) is 25.8 Å². The SMILES string of the molecule is Nc1cc(F)cc(F)c1NS(=O)(=O)N1CCCCC1. The number of benzene rings is 1. The van der Waals surface area contributed by atoms with Gasteiger partial charge in [-0.1, -0.05) is 6.42 Å². The molecule has 5 nitrogen and oxygen atoms in total. The van der Waals surface area contributed by atoms with Crippen molar-refractivity contribution in [3.63, 3.8) is 0 Å². The zero-order valence-electron chi connectivity index (χ0n) is 10.2. The van der Waals surface area contributed by atoms with Crippen LogP contribution in [0.5, 0.6) is 0 Å². The minimum Gasteiger partial charge on any atom is -0.397 e. The first-order valence-electron chi connectivity index (χ1n) is 5.92. The van der Waals surface area contributed by atoms with E-state index in [1.807, 2.05) is 0 Å². The Balaban J connectivity index is 2.25. The van der Waals surface area contributed by atoms with Gasteiger partial charge in [0.05, 0.1) is 5.69 Å². The maximum atomic E-state index is 13.5. The summed E-state index contributed by atoms with van der Waals surface area (Å²) < 4.78 is 53.8. The van der Waals surface area contributed by atoms with Gasteiger partial charge in [0.2, 0.25) is 0 Å². The molecule has 1 aromatic carbocycles. The Morgan fingerprint density at radius 3 is 2.37 bits per heavy atom. The normalized spacial score (nSPS) is 17.4. The van der Waals surface area contributed by atoms with E-state index in [1.165, 1.54) is 4.31 Å². The summed E-state index contributed by atoms with van der Waals surface area (Å²) in [5.74, 6) is -1.88. The highest BCUT2D eigenvalue weighted by atomic mass is 32.2. The van der Waals surface area contributed by atoms with Crippen LogP contribution in [-0.2, 0) is 10.2 Å². The van der Waals surface area contributed by atoms with E-state index in [-0.39, 0.29) is 5.69 Å². The Morgan fingerprint density at radius 1 is 1.16 bits per heavy atom. The molecular weight excluding hydrogens is 276 g/mol. The molecule has 0 unspecified atom stereocenters. The Labute approximate surface area is 110 Å². The topological polar surface area (TPSA) is 75.4 Å². The van der Waals surface area contributed by atoms with Gasteiger partial charge in [0.1, 0.15) is 11.5 Å². The van der Waals surface area contributed by atoms with Gasteiger partial charge < -0.3 is 5.73 Å².